The van der Waals surface area contributed by atoms with E-state index in [-0.39, 0.29) is 0 Å². The quantitative estimate of drug-likeness (QED) is 0.830. The molecule has 0 radical (unpaired) electrons. The average molecular weight is 274 g/mol. The minimum absolute atomic E-state index is 0.464. The van der Waals surface area contributed by atoms with Crippen LogP contribution in [-0.4, -0.2) is 4.98 Å². The Bertz CT molecular complexity index is 498. The molecule has 1 aromatic heterocycles. The number of rotatable bonds is 3. The van der Waals surface area contributed by atoms with Crippen molar-refractivity contribution in [3.8, 4) is 5.75 Å². The summed E-state index contributed by atoms with van der Waals surface area (Å²) in [4.78, 5) is 4.94. The number of aryl methyl sites for hydroxylation is 1. The lowest BCUT2D eigenvalue weighted by molar-refractivity contribution is 0.307. The Kier molecular flexibility index (Phi) is 3.69. The number of hydrogen-bond acceptors (Lipinski definition) is 3. The molecule has 2 nitrogen and oxygen atoms in total. The molecule has 0 saturated carbocycles. The molecule has 0 aliphatic carbocycles. The lowest BCUT2D eigenvalue weighted by atomic mass is 10.2. The van der Waals surface area contributed by atoms with Crippen LogP contribution in [-0.2, 0) is 6.61 Å². The number of halogens is 2. The average Bonchev–Trinajstić information content (AvgIpc) is 2.66. The van der Waals surface area contributed by atoms with Crippen LogP contribution in [0.5, 0.6) is 5.75 Å². The highest BCUT2D eigenvalue weighted by atomic mass is 35.5. The number of nitrogens with zero attached hydrogens (tertiary/aromatic N) is 1. The van der Waals surface area contributed by atoms with Gasteiger partial charge in [-0.25, -0.2) is 4.98 Å². The van der Waals surface area contributed by atoms with Crippen molar-refractivity contribution >= 4 is 34.5 Å². The van der Waals surface area contributed by atoms with Crippen LogP contribution in [0.1, 0.15) is 10.4 Å². The third kappa shape index (κ3) is 2.88. The molecule has 2 rings (SSSR count). The highest BCUT2D eigenvalue weighted by Crippen LogP contribution is 2.25. The van der Waals surface area contributed by atoms with Gasteiger partial charge in [0.15, 0.2) is 4.47 Å². The Morgan fingerprint density at radius 2 is 2.19 bits per heavy atom. The van der Waals surface area contributed by atoms with E-state index in [1.807, 2.05) is 19.1 Å². The summed E-state index contributed by atoms with van der Waals surface area (Å²) < 4.78 is 6.17. The first kappa shape index (κ1) is 11.7. The molecule has 0 aliphatic rings. The van der Waals surface area contributed by atoms with Gasteiger partial charge in [0.1, 0.15) is 12.4 Å². The fourth-order valence-electron chi connectivity index (χ4n) is 1.23. The summed E-state index contributed by atoms with van der Waals surface area (Å²) in [7, 11) is 0. The normalized spacial score (nSPS) is 10.4. The van der Waals surface area contributed by atoms with Gasteiger partial charge in [-0.3, -0.25) is 0 Å². The number of aromatic nitrogens is 1. The summed E-state index contributed by atoms with van der Waals surface area (Å²) in [6, 6.07) is 5.57. The second kappa shape index (κ2) is 5.04. The maximum atomic E-state index is 5.89. The van der Waals surface area contributed by atoms with Crippen LogP contribution < -0.4 is 4.74 Å². The second-order valence-electron chi connectivity index (χ2n) is 3.28. The van der Waals surface area contributed by atoms with E-state index in [1.54, 1.807) is 12.3 Å². The van der Waals surface area contributed by atoms with Crippen molar-refractivity contribution in [1.82, 2.24) is 4.98 Å². The maximum absolute atomic E-state index is 5.89. The van der Waals surface area contributed by atoms with Crippen LogP contribution in [0.2, 0.25) is 9.49 Å². The molecule has 5 heteroatoms. The molecule has 0 amide bonds. The third-order valence-electron chi connectivity index (χ3n) is 2.05. The highest BCUT2D eigenvalue weighted by Gasteiger charge is 2.03. The lowest BCUT2D eigenvalue weighted by Crippen LogP contribution is -1.94. The second-order valence-corrected chi connectivity index (χ2v) is 5.41. The van der Waals surface area contributed by atoms with Crippen LogP contribution in [0.15, 0.2) is 24.4 Å². The van der Waals surface area contributed by atoms with Crippen LogP contribution in [0.4, 0.5) is 0 Å². The van der Waals surface area contributed by atoms with Gasteiger partial charge < -0.3 is 4.74 Å². The summed E-state index contributed by atoms with van der Waals surface area (Å²) in [5, 5.41) is 0.669. The molecule has 0 fully saturated rings. The highest BCUT2D eigenvalue weighted by molar-refractivity contribution is 7.15. The van der Waals surface area contributed by atoms with E-state index in [4.69, 9.17) is 27.9 Å². The molecule has 1 heterocycles. The number of thiazole rings is 1. The van der Waals surface area contributed by atoms with Gasteiger partial charge in [0.25, 0.3) is 0 Å². The Morgan fingerprint density at radius 3 is 2.88 bits per heavy atom. The summed E-state index contributed by atoms with van der Waals surface area (Å²) in [5.41, 5.74) is 1.06. The molecule has 0 spiro atoms. The first-order valence-electron chi connectivity index (χ1n) is 4.64. The van der Waals surface area contributed by atoms with Gasteiger partial charge in [-0.2, -0.15) is 0 Å². The molecule has 0 atom stereocenters. The Hall–Kier alpha value is -0.770. The van der Waals surface area contributed by atoms with Gasteiger partial charge in [-0.1, -0.05) is 29.3 Å². The smallest absolute Gasteiger partial charge is 0.183 e. The minimum atomic E-state index is 0.464. The van der Waals surface area contributed by atoms with Crippen molar-refractivity contribution in [3.63, 3.8) is 0 Å². The van der Waals surface area contributed by atoms with E-state index in [0.29, 0.717) is 16.1 Å². The van der Waals surface area contributed by atoms with E-state index < -0.39 is 0 Å². The third-order valence-corrected chi connectivity index (χ3v) is 3.37. The lowest BCUT2D eigenvalue weighted by Gasteiger charge is -2.07. The van der Waals surface area contributed by atoms with E-state index >= 15 is 0 Å². The largest absolute Gasteiger partial charge is 0.488 e. The van der Waals surface area contributed by atoms with Gasteiger partial charge in [-0.15, -0.1) is 11.3 Å². The maximum Gasteiger partial charge on any atom is 0.183 e. The zero-order chi connectivity index (χ0) is 11.5. The summed E-state index contributed by atoms with van der Waals surface area (Å²) in [5.74, 6) is 0.789. The van der Waals surface area contributed by atoms with Gasteiger partial charge in [0, 0.05) is 11.2 Å². The predicted octanol–water partition coefficient (Wildman–Crippen LogP) is 4.34. The molecule has 2 aromatic rings. The monoisotopic (exact) mass is 273 g/mol. The van der Waals surface area contributed by atoms with Gasteiger partial charge in [-0.05, 0) is 24.6 Å². The standard InChI is InChI=1S/C11H9Cl2NOS/c1-7-2-3-8(12)4-10(7)15-6-9-5-14-11(13)16-9/h2-5H,6H2,1H3. The van der Waals surface area contributed by atoms with Crippen molar-refractivity contribution in [2.75, 3.05) is 0 Å². The van der Waals surface area contributed by atoms with Crippen LogP contribution >= 0.6 is 34.5 Å². The van der Waals surface area contributed by atoms with Crippen LogP contribution in [0, 0.1) is 6.92 Å². The molecule has 16 heavy (non-hydrogen) atoms. The van der Waals surface area contributed by atoms with Crippen molar-refractivity contribution in [2.24, 2.45) is 0 Å². The molecular formula is C11H9Cl2NOS. The van der Waals surface area contributed by atoms with Crippen molar-refractivity contribution in [1.29, 1.82) is 0 Å². The van der Waals surface area contributed by atoms with Crippen molar-refractivity contribution < 1.29 is 4.74 Å². The van der Waals surface area contributed by atoms with Crippen molar-refractivity contribution in [3.05, 3.63) is 44.3 Å². The Morgan fingerprint density at radius 1 is 1.38 bits per heavy atom. The van der Waals surface area contributed by atoms with Crippen molar-refractivity contribution in [2.45, 2.75) is 13.5 Å². The predicted molar refractivity (Wildman–Crippen MR) is 67.6 cm³/mol. The Balaban J connectivity index is 2.07. The molecule has 84 valence electrons. The first-order chi connectivity index (χ1) is 7.65. The fourth-order valence-corrected chi connectivity index (χ4v) is 2.28. The molecule has 0 N–H and O–H groups in total. The minimum Gasteiger partial charge on any atom is -0.488 e. The number of ether oxygens (including phenoxy) is 1. The van der Waals surface area contributed by atoms with E-state index in [9.17, 15) is 0 Å². The van der Waals surface area contributed by atoms with Gasteiger partial charge >= 0.3 is 0 Å². The SMILES string of the molecule is Cc1ccc(Cl)cc1OCc1cnc(Cl)s1. The summed E-state index contributed by atoms with van der Waals surface area (Å²) >= 11 is 13.0. The molecule has 1 aromatic carbocycles. The van der Waals surface area contributed by atoms with E-state index in [1.165, 1.54) is 11.3 Å². The van der Waals surface area contributed by atoms with E-state index in [0.717, 1.165) is 16.2 Å². The Labute approximate surface area is 108 Å². The first-order valence-corrected chi connectivity index (χ1v) is 6.21. The van der Waals surface area contributed by atoms with Gasteiger partial charge in [0.05, 0.1) is 4.88 Å². The number of hydrogen-bond donors (Lipinski definition) is 0. The zero-order valence-electron chi connectivity index (χ0n) is 8.54. The molecular weight excluding hydrogens is 265 g/mol. The fraction of sp³-hybridized carbons (Fsp3) is 0.182. The van der Waals surface area contributed by atoms with Crippen LogP contribution in [0.3, 0.4) is 0 Å². The van der Waals surface area contributed by atoms with Gasteiger partial charge in [0.2, 0.25) is 0 Å². The van der Waals surface area contributed by atoms with E-state index in [2.05, 4.69) is 4.98 Å². The molecule has 0 unspecified atom stereocenters. The van der Waals surface area contributed by atoms with Crippen LogP contribution in [0.25, 0.3) is 0 Å². The summed E-state index contributed by atoms with van der Waals surface area (Å²) in [6.45, 7) is 2.44. The summed E-state index contributed by atoms with van der Waals surface area (Å²) in [6.07, 6.45) is 1.72. The molecule has 0 saturated heterocycles. The molecule has 0 aliphatic heterocycles. The number of benzene rings is 1. The molecule has 0 bridgehead atoms. The topological polar surface area (TPSA) is 22.1 Å². The zero-order valence-corrected chi connectivity index (χ0v) is 10.9.